The van der Waals surface area contributed by atoms with Gasteiger partial charge in [0.1, 0.15) is 5.70 Å². The fourth-order valence-corrected chi connectivity index (χ4v) is 4.31. The van der Waals surface area contributed by atoms with Crippen LogP contribution < -0.4 is 15.4 Å². The van der Waals surface area contributed by atoms with Gasteiger partial charge in [0.2, 0.25) is 0 Å². The summed E-state index contributed by atoms with van der Waals surface area (Å²) in [6.07, 6.45) is 0. The van der Waals surface area contributed by atoms with Gasteiger partial charge in [-0.15, -0.1) is 11.3 Å². The van der Waals surface area contributed by atoms with Gasteiger partial charge in [-0.25, -0.2) is 9.98 Å². The van der Waals surface area contributed by atoms with E-state index in [0.29, 0.717) is 11.1 Å². The van der Waals surface area contributed by atoms with Gasteiger partial charge in [0.05, 0.1) is 11.1 Å². The number of para-hydroxylation sites is 2. The first-order valence-electron chi connectivity index (χ1n) is 9.31. The maximum absolute atomic E-state index is 12.5. The van der Waals surface area contributed by atoms with E-state index in [9.17, 15) is 4.79 Å². The Morgan fingerprint density at radius 3 is 2.41 bits per heavy atom. The third-order valence-corrected chi connectivity index (χ3v) is 5.69. The molecule has 0 N–H and O–H groups in total. The summed E-state index contributed by atoms with van der Waals surface area (Å²) >= 11 is 1.52. The molecule has 0 unspecified atom stereocenters. The lowest BCUT2D eigenvalue weighted by Gasteiger charge is -2.09. The van der Waals surface area contributed by atoms with Crippen LogP contribution in [0.3, 0.4) is 0 Å². The van der Waals surface area contributed by atoms with Crippen LogP contribution in [0.2, 0.25) is 0 Å². The van der Waals surface area contributed by atoms with Gasteiger partial charge in [-0.05, 0) is 30.7 Å². The number of fused-ring (bicyclic) bond motifs is 1. The van der Waals surface area contributed by atoms with Crippen molar-refractivity contribution in [3.63, 3.8) is 0 Å². The van der Waals surface area contributed by atoms with Crippen molar-refractivity contribution in [3.05, 3.63) is 105 Å². The minimum absolute atomic E-state index is 0.295. The van der Waals surface area contributed by atoms with E-state index in [-0.39, 0.29) is 5.91 Å². The third-order valence-electron chi connectivity index (χ3n) is 4.86. The van der Waals surface area contributed by atoms with Crippen LogP contribution in [0.25, 0.3) is 22.6 Å². The van der Waals surface area contributed by atoms with Crippen LogP contribution >= 0.6 is 11.3 Å². The highest BCUT2D eigenvalue weighted by atomic mass is 32.1. The second kappa shape index (κ2) is 7.11. The smallest absolute Gasteiger partial charge is 0.285 e. The largest absolute Gasteiger partial charge is 0.296 e. The number of aryl methyl sites for hydroxylation is 1. The molecule has 1 aromatic heterocycles. The van der Waals surface area contributed by atoms with Crippen LogP contribution in [-0.4, -0.2) is 10.5 Å². The zero-order valence-electron chi connectivity index (χ0n) is 15.7. The van der Waals surface area contributed by atoms with Crippen molar-refractivity contribution in [1.29, 1.82) is 0 Å². The van der Waals surface area contributed by atoms with Gasteiger partial charge in [0.25, 0.3) is 5.91 Å². The fourth-order valence-electron chi connectivity index (χ4n) is 3.39. The number of rotatable bonds is 3. The SMILES string of the molecule is Cc1ccc(-c2csc(=NC3=c4ccccc4=NC3=O)n2-c2ccccc2)cc1. The van der Waals surface area contributed by atoms with E-state index in [1.807, 2.05) is 54.6 Å². The topological polar surface area (TPSA) is 46.7 Å². The minimum atomic E-state index is -0.295. The van der Waals surface area contributed by atoms with E-state index in [2.05, 4.69) is 46.1 Å². The second-order valence-corrected chi connectivity index (χ2v) is 7.67. The molecule has 0 aliphatic carbocycles. The second-order valence-electron chi connectivity index (χ2n) is 6.84. The molecule has 140 valence electrons. The Hall–Kier alpha value is -3.57. The van der Waals surface area contributed by atoms with Gasteiger partial charge < -0.3 is 0 Å². The molecule has 4 aromatic rings. The summed E-state index contributed by atoms with van der Waals surface area (Å²) in [6, 6.07) is 26.0. The Labute approximate surface area is 171 Å². The molecule has 1 amide bonds. The lowest BCUT2D eigenvalue weighted by Crippen LogP contribution is -2.23. The molecule has 0 atom stereocenters. The van der Waals surface area contributed by atoms with E-state index in [1.54, 1.807) is 0 Å². The van der Waals surface area contributed by atoms with Crippen LogP contribution in [0.15, 0.2) is 94.2 Å². The lowest BCUT2D eigenvalue weighted by molar-refractivity contribution is -0.112. The lowest BCUT2D eigenvalue weighted by atomic mass is 10.1. The number of amides is 1. The van der Waals surface area contributed by atoms with Crippen molar-refractivity contribution in [2.24, 2.45) is 9.98 Å². The maximum Gasteiger partial charge on any atom is 0.296 e. The van der Waals surface area contributed by atoms with Gasteiger partial charge in [-0.1, -0.05) is 66.2 Å². The molecule has 5 heteroatoms. The Kier molecular flexibility index (Phi) is 4.30. The number of carbonyl (C=O) groups excluding carboxylic acids is 1. The summed E-state index contributed by atoms with van der Waals surface area (Å²) in [5, 5.41) is 3.54. The number of hydrogen-bond acceptors (Lipinski definition) is 3. The number of thiazole rings is 1. The van der Waals surface area contributed by atoms with Gasteiger partial charge in [-0.2, -0.15) is 0 Å². The molecule has 1 aliphatic heterocycles. The highest BCUT2D eigenvalue weighted by Crippen LogP contribution is 2.24. The van der Waals surface area contributed by atoms with Crippen LogP contribution in [0.1, 0.15) is 5.56 Å². The van der Waals surface area contributed by atoms with E-state index in [4.69, 9.17) is 4.99 Å². The number of carbonyl (C=O) groups is 1. The summed E-state index contributed by atoms with van der Waals surface area (Å²) in [4.78, 5) is 22.1. The summed E-state index contributed by atoms with van der Waals surface area (Å²) in [6.45, 7) is 2.08. The van der Waals surface area contributed by atoms with E-state index >= 15 is 0 Å². The highest BCUT2D eigenvalue weighted by Gasteiger charge is 2.17. The first-order chi connectivity index (χ1) is 14.2. The molecule has 2 heterocycles. The standard InChI is InChI=1S/C24H17N3OS/c1-16-11-13-17(14-12-16)21-15-29-24(27(21)18-7-3-2-4-8-18)26-22-19-9-5-6-10-20(19)25-23(22)28/h2-15H,1H3. The number of aromatic nitrogens is 1. The molecule has 1 aliphatic rings. The normalized spacial score (nSPS) is 13.5. The van der Waals surface area contributed by atoms with Crippen molar-refractivity contribution in [2.45, 2.75) is 6.92 Å². The number of benzene rings is 3. The van der Waals surface area contributed by atoms with Gasteiger partial charge in [-0.3, -0.25) is 9.36 Å². The summed E-state index contributed by atoms with van der Waals surface area (Å²) in [7, 11) is 0. The molecule has 0 fully saturated rings. The molecule has 5 rings (SSSR count). The van der Waals surface area contributed by atoms with Crippen molar-refractivity contribution in [2.75, 3.05) is 0 Å². The van der Waals surface area contributed by atoms with Crippen molar-refractivity contribution >= 4 is 22.9 Å². The molecule has 4 nitrogen and oxygen atoms in total. The Bertz CT molecular complexity index is 1410. The summed E-state index contributed by atoms with van der Waals surface area (Å²) in [5.41, 5.74) is 4.74. The van der Waals surface area contributed by atoms with E-state index < -0.39 is 0 Å². The van der Waals surface area contributed by atoms with Crippen LogP contribution in [-0.2, 0) is 4.79 Å². The van der Waals surface area contributed by atoms with Crippen molar-refractivity contribution in [1.82, 2.24) is 4.57 Å². The van der Waals surface area contributed by atoms with Gasteiger partial charge >= 0.3 is 0 Å². The molecule has 0 saturated heterocycles. The molecule has 0 radical (unpaired) electrons. The van der Waals surface area contributed by atoms with E-state index in [0.717, 1.165) is 27.0 Å². The zero-order chi connectivity index (χ0) is 19.8. The van der Waals surface area contributed by atoms with Crippen LogP contribution in [0.4, 0.5) is 0 Å². The fraction of sp³-hybridized carbons (Fsp3) is 0.0417. The molecule has 0 saturated carbocycles. The Morgan fingerprint density at radius 2 is 1.62 bits per heavy atom. The molecule has 3 aromatic carbocycles. The third kappa shape index (κ3) is 3.15. The van der Waals surface area contributed by atoms with Crippen molar-refractivity contribution in [3.8, 4) is 16.9 Å². The predicted octanol–water partition coefficient (Wildman–Crippen LogP) is 3.38. The monoisotopic (exact) mass is 395 g/mol. The van der Waals surface area contributed by atoms with Crippen molar-refractivity contribution < 1.29 is 4.79 Å². The molecule has 0 spiro atoms. The zero-order valence-corrected chi connectivity index (χ0v) is 16.6. The predicted molar refractivity (Wildman–Crippen MR) is 115 cm³/mol. The molecular formula is C24H17N3OS. The molecular weight excluding hydrogens is 378 g/mol. The highest BCUT2D eigenvalue weighted by molar-refractivity contribution is 7.07. The minimum Gasteiger partial charge on any atom is -0.285 e. The molecule has 0 bridgehead atoms. The van der Waals surface area contributed by atoms with Crippen LogP contribution in [0.5, 0.6) is 0 Å². The summed E-state index contributed by atoms with van der Waals surface area (Å²) < 4.78 is 2.09. The number of hydrogen-bond donors (Lipinski definition) is 0. The summed E-state index contributed by atoms with van der Waals surface area (Å²) in [5.74, 6) is -0.295. The quantitative estimate of drug-likeness (QED) is 0.525. The van der Waals surface area contributed by atoms with Crippen LogP contribution in [0, 0.1) is 6.92 Å². The Balaban J connectivity index is 1.79. The maximum atomic E-state index is 12.5. The van der Waals surface area contributed by atoms with Gasteiger partial charge in [0, 0.05) is 16.3 Å². The van der Waals surface area contributed by atoms with E-state index in [1.165, 1.54) is 16.9 Å². The van der Waals surface area contributed by atoms with Gasteiger partial charge in [0.15, 0.2) is 4.80 Å². The average Bonchev–Trinajstić information content (AvgIpc) is 3.31. The first kappa shape index (κ1) is 17.5. The average molecular weight is 395 g/mol. The Morgan fingerprint density at radius 1 is 0.897 bits per heavy atom. The first-order valence-corrected chi connectivity index (χ1v) is 10.2. The number of nitrogens with zero attached hydrogens (tertiary/aromatic N) is 3. The molecule has 29 heavy (non-hydrogen) atoms.